The highest BCUT2D eigenvalue weighted by molar-refractivity contribution is 5.98. The summed E-state index contributed by atoms with van der Waals surface area (Å²) in [5, 5.41) is 13.0. The van der Waals surface area contributed by atoms with Gasteiger partial charge in [-0.25, -0.2) is 0 Å². The molecule has 3 aromatic rings. The van der Waals surface area contributed by atoms with E-state index < -0.39 is 0 Å². The second-order valence-corrected chi connectivity index (χ2v) is 6.59. The number of aromatic nitrogens is 1. The Bertz CT molecular complexity index is 907. The van der Waals surface area contributed by atoms with Crippen LogP contribution in [0.2, 0.25) is 0 Å². The molecule has 0 saturated heterocycles. The normalized spacial score (nSPS) is 12.1. The number of aryl methyl sites for hydroxylation is 1. The number of amides is 1. The molecule has 1 heterocycles. The van der Waals surface area contributed by atoms with Crippen molar-refractivity contribution in [1.29, 1.82) is 0 Å². The molecule has 0 unspecified atom stereocenters. The number of pyridine rings is 1. The Hall–Kier alpha value is -2.72. The summed E-state index contributed by atoms with van der Waals surface area (Å²) >= 11 is 0. The zero-order valence-corrected chi connectivity index (χ0v) is 15.2. The molecule has 4 nitrogen and oxygen atoms in total. The van der Waals surface area contributed by atoms with Crippen molar-refractivity contribution < 1.29 is 9.90 Å². The molecule has 2 N–H and O–H groups in total. The molecule has 0 spiro atoms. The van der Waals surface area contributed by atoms with Gasteiger partial charge in [0.1, 0.15) is 0 Å². The van der Waals surface area contributed by atoms with E-state index in [9.17, 15) is 4.79 Å². The zero-order valence-electron chi connectivity index (χ0n) is 15.2. The highest BCUT2D eigenvalue weighted by Gasteiger charge is 2.17. The van der Waals surface area contributed by atoms with Crippen molar-refractivity contribution in [3.8, 4) is 11.1 Å². The van der Waals surface area contributed by atoms with Gasteiger partial charge in [-0.3, -0.25) is 9.78 Å². The fourth-order valence-corrected chi connectivity index (χ4v) is 3.28. The minimum Gasteiger partial charge on any atom is -0.396 e. The molecule has 0 radical (unpaired) electrons. The summed E-state index contributed by atoms with van der Waals surface area (Å²) in [5.41, 5.74) is 4.90. The van der Waals surface area contributed by atoms with Crippen LogP contribution >= 0.6 is 0 Å². The van der Waals surface area contributed by atoms with Gasteiger partial charge in [-0.05, 0) is 43.0 Å². The van der Waals surface area contributed by atoms with Gasteiger partial charge in [0.15, 0.2) is 0 Å². The van der Waals surface area contributed by atoms with E-state index in [-0.39, 0.29) is 25.0 Å². The number of nitrogens with one attached hydrogen (secondary N) is 1. The van der Waals surface area contributed by atoms with Gasteiger partial charge < -0.3 is 10.4 Å². The maximum atomic E-state index is 12.5. The summed E-state index contributed by atoms with van der Waals surface area (Å²) in [6.45, 7) is 3.92. The van der Waals surface area contributed by atoms with E-state index in [0.29, 0.717) is 6.42 Å². The predicted octanol–water partition coefficient (Wildman–Crippen LogP) is 3.64. The smallest absolute Gasteiger partial charge is 0.224 e. The summed E-state index contributed by atoms with van der Waals surface area (Å²) in [6.07, 6.45) is 0.815. The molecule has 2 aromatic carbocycles. The van der Waals surface area contributed by atoms with Gasteiger partial charge in [0.2, 0.25) is 5.91 Å². The number of carbonyl (C=O) groups excluding carboxylic acids is 1. The van der Waals surface area contributed by atoms with E-state index in [1.165, 1.54) is 0 Å². The second kappa shape index (κ2) is 8.11. The molecule has 0 aliphatic carbocycles. The summed E-state index contributed by atoms with van der Waals surface area (Å²) < 4.78 is 0. The van der Waals surface area contributed by atoms with Crippen molar-refractivity contribution >= 4 is 16.8 Å². The highest BCUT2D eigenvalue weighted by atomic mass is 16.3. The summed E-state index contributed by atoms with van der Waals surface area (Å²) in [6, 6.07) is 18.1. The number of hydrogen-bond donors (Lipinski definition) is 2. The van der Waals surface area contributed by atoms with Crippen molar-refractivity contribution in [2.24, 2.45) is 0 Å². The van der Waals surface area contributed by atoms with Crippen LogP contribution < -0.4 is 5.32 Å². The molecule has 0 aliphatic rings. The Labute approximate surface area is 153 Å². The minimum absolute atomic E-state index is 0.0525. The molecule has 134 valence electrons. The van der Waals surface area contributed by atoms with Crippen molar-refractivity contribution in [2.75, 3.05) is 6.61 Å². The first-order valence-electron chi connectivity index (χ1n) is 8.94. The minimum atomic E-state index is -0.0543. The summed E-state index contributed by atoms with van der Waals surface area (Å²) in [7, 11) is 0. The van der Waals surface area contributed by atoms with Crippen LogP contribution in [0.1, 0.15) is 24.6 Å². The third kappa shape index (κ3) is 3.92. The second-order valence-electron chi connectivity index (χ2n) is 6.59. The molecule has 1 aromatic heterocycles. The SMILES string of the molecule is Cc1nc2ccccc2c(-c2ccccc2)c1CC(=O)N[C@H](C)CCO. The number of fused-ring (bicyclic) bond motifs is 1. The van der Waals surface area contributed by atoms with Crippen LogP contribution in [0, 0.1) is 6.92 Å². The number of nitrogens with zero attached hydrogens (tertiary/aromatic N) is 1. The number of benzene rings is 2. The van der Waals surface area contributed by atoms with Gasteiger partial charge >= 0.3 is 0 Å². The fourth-order valence-electron chi connectivity index (χ4n) is 3.28. The molecule has 4 heteroatoms. The number of rotatable bonds is 6. The first-order valence-corrected chi connectivity index (χ1v) is 8.94. The van der Waals surface area contributed by atoms with E-state index in [0.717, 1.165) is 33.3 Å². The van der Waals surface area contributed by atoms with Gasteiger partial charge in [0.25, 0.3) is 0 Å². The van der Waals surface area contributed by atoms with E-state index in [2.05, 4.69) is 23.5 Å². The number of aliphatic hydroxyl groups excluding tert-OH is 1. The monoisotopic (exact) mass is 348 g/mol. The largest absolute Gasteiger partial charge is 0.396 e. The van der Waals surface area contributed by atoms with Gasteiger partial charge in [-0.15, -0.1) is 0 Å². The van der Waals surface area contributed by atoms with Crippen LogP contribution in [0.15, 0.2) is 54.6 Å². The molecular formula is C22H24N2O2. The highest BCUT2D eigenvalue weighted by Crippen LogP contribution is 2.33. The lowest BCUT2D eigenvalue weighted by atomic mass is 9.92. The molecule has 3 rings (SSSR count). The van der Waals surface area contributed by atoms with Gasteiger partial charge in [0, 0.05) is 23.7 Å². The van der Waals surface area contributed by atoms with Crippen LogP contribution in [-0.2, 0) is 11.2 Å². The Balaban J connectivity index is 2.07. The van der Waals surface area contributed by atoms with Crippen molar-refractivity contribution in [3.63, 3.8) is 0 Å². The quantitative estimate of drug-likeness (QED) is 0.715. The third-order valence-corrected chi connectivity index (χ3v) is 4.57. The molecule has 0 fully saturated rings. The number of para-hydroxylation sites is 1. The molecule has 0 saturated carbocycles. The Morgan fingerprint density at radius 3 is 2.54 bits per heavy atom. The lowest BCUT2D eigenvalue weighted by molar-refractivity contribution is -0.121. The van der Waals surface area contributed by atoms with Crippen LogP contribution in [0.25, 0.3) is 22.0 Å². The Morgan fingerprint density at radius 2 is 1.81 bits per heavy atom. The van der Waals surface area contributed by atoms with Crippen LogP contribution in [0.5, 0.6) is 0 Å². The van der Waals surface area contributed by atoms with Crippen LogP contribution in [0.4, 0.5) is 0 Å². The molecule has 26 heavy (non-hydrogen) atoms. The Kier molecular flexibility index (Phi) is 5.64. The Morgan fingerprint density at radius 1 is 1.12 bits per heavy atom. The molecule has 1 atom stereocenters. The van der Waals surface area contributed by atoms with Gasteiger partial charge in [-0.2, -0.15) is 0 Å². The van der Waals surface area contributed by atoms with E-state index >= 15 is 0 Å². The fraction of sp³-hybridized carbons (Fsp3) is 0.273. The predicted molar refractivity (Wildman–Crippen MR) is 105 cm³/mol. The number of aliphatic hydroxyl groups is 1. The van der Waals surface area contributed by atoms with Crippen LogP contribution in [0.3, 0.4) is 0 Å². The average molecular weight is 348 g/mol. The van der Waals surface area contributed by atoms with Crippen molar-refractivity contribution in [2.45, 2.75) is 32.7 Å². The lowest BCUT2D eigenvalue weighted by Gasteiger charge is -2.17. The zero-order chi connectivity index (χ0) is 18.5. The molecule has 0 bridgehead atoms. The first kappa shape index (κ1) is 18.1. The third-order valence-electron chi connectivity index (χ3n) is 4.57. The lowest BCUT2D eigenvalue weighted by Crippen LogP contribution is -2.34. The van der Waals surface area contributed by atoms with E-state index in [1.807, 2.05) is 50.2 Å². The maximum Gasteiger partial charge on any atom is 0.224 e. The van der Waals surface area contributed by atoms with Crippen molar-refractivity contribution in [1.82, 2.24) is 10.3 Å². The maximum absolute atomic E-state index is 12.5. The van der Waals surface area contributed by atoms with Crippen molar-refractivity contribution in [3.05, 3.63) is 65.9 Å². The molecule has 1 amide bonds. The van der Waals surface area contributed by atoms with Gasteiger partial charge in [0.05, 0.1) is 11.9 Å². The number of hydrogen-bond acceptors (Lipinski definition) is 3. The van der Waals surface area contributed by atoms with E-state index in [1.54, 1.807) is 0 Å². The standard InChI is InChI=1S/C22H24N2O2/c1-15(12-13-25)23-21(26)14-19-16(2)24-20-11-7-6-10-18(20)22(19)17-8-4-3-5-9-17/h3-11,15,25H,12-14H2,1-2H3,(H,23,26)/t15-/m1/s1. The molecular weight excluding hydrogens is 324 g/mol. The molecule has 0 aliphatic heterocycles. The summed E-state index contributed by atoms with van der Waals surface area (Å²) in [4.78, 5) is 17.3. The van der Waals surface area contributed by atoms with E-state index in [4.69, 9.17) is 10.1 Å². The first-order chi connectivity index (χ1) is 12.6. The number of carbonyl (C=O) groups is 1. The topological polar surface area (TPSA) is 62.2 Å². The average Bonchev–Trinajstić information content (AvgIpc) is 2.63. The summed E-state index contributed by atoms with van der Waals surface area (Å²) in [5.74, 6) is -0.0525. The van der Waals surface area contributed by atoms with Gasteiger partial charge in [-0.1, -0.05) is 48.5 Å². The van der Waals surface area contributed by atoms with Crippen LogP contribution in [-0.4, -0.2) is 28.6 Å².